The molecule has 2 aromatic carbocycles. The van der Waals surface area contributed by atoms with Crippen LogP contribution in [0.25, 0.3) is 0 Å². The quantitative estimate of drug-likeness (QED) is 0.739. The van der Waals surface area contributed by atoms with E-state index >= 15 is 0 Å². The monoisotopic (exact) mass is 354 g/mol. The number of nitrogens with one attached hydrogen (secondary N) is 1. The number of likely N-dealkylation sites (N-methyl/N-ethyl adjacent to an activating group) is 1. The van der Waals surface area contributed by atoms with E-state index in [1.807, 2.05) is 18.2 Å². The number of hydrogen-bond donors (Lipinski definition) is 1. The summed E-state index contributed by atoms with van der Waals surface area (Å²) in [5, 5.41) is 3.01. The molecule has 1 atom stereocenters. The number of amides is 1. The standard InChI is InChI=1S/C21H26N2O3/c1-4-23(5-2)19(16-9-7-6-8-10-16)15-22-20(24)17-11-13-18(14-12-17)21(25)26-3/h6-14,19H,4-5,15H2,1-3H3,(H,22,24). The first kappa shape index (κ1) is 19.7. The van der Waals surface area contributed by atoms with Crippen LogP contribution in [-0.2, 0) is 4.74 Å². The van der Waals surface area contributed by atoms with Gasteiger partial charge < -0.3 is 10.1 Å². The van der Waals surface area contributed by atoms with Gasteiger partial charge in [-0.3, -0.25) is 9.69 Å². The number of benzene rings is 2. The summed E-state index contributed by atoms with van der Waals surface area (Å²) in [5.74, 6) is -0.572. The molecule has 0 spiro atoms. The fourth-order valence-electron chi connectivity index (χ4n) is 2.96. The summed E-state index contributed by atoms with van der Waals surface area (Å²) in [6, 6.07) is 16.8. The highest BCUT2D eigenvalue weighted by atomic mass is 16.5. The van der Waals surface area contributed by atoms with E-state index in [2.05, 4.69) is 40.9 Å². The smallest absolute Gasteiger partial charge is 0.337 e. The zero-order valence-corrected chi connectivity index (χ0v) is 15.6. The number of nitrogens with zero attached hydrogens (tertiary/aromatic N) is 1. The van der Waals surface area contributed by atoms with Gasteiger partial charge in [-0.1, -0.05) is 44.2 Å². The molecule has 0 bridgehead atoms. The van der Waals surface area contributed by atoms with Crippen molar-refractivity contribution in [3.63, 3.8) is 0 Å². The normalized spacial score (nSPS) is 11.8. The van der Waals surface area contributed by atoms with Gasteiger partial charge in [-0.25, -0.2) is 4.79 Å². The molecule has 2 aromatic rings. The lowest BCUT2D eigenvalue weighted by Gasteiger charge is -2.30. The maximum absolute atomic E-state index is 12.5. The van der Waals surface area contributed by atoms with E-state index < -0.39 is 5.97 Å². The molecular weight excluding hydrogens is 328 g/mol. The van der Waals surface area contributed by atoms with Crippen LogP contribution < -0.4 is 5.32 Å². The number of rotatable bonds is 8. The van der Waals surface area contributed by atoms with Gasteiger partial charge in [-0.2, -0.15) is 0 Å². The van der Waals surface area contributed by atoms with Crippen molar-refractivity contribution in [3.8, 4) is 0 Å². The Balaban J connectivity index is 2.08. The van der Waals surface area contributed by atoms with Gasteiger partial charge in [-0.05, 0) is 42.9 Å². The molecule has 0 saturated heterocycles. The minimum Gasteiger partial charge on any atom is -0.465 e. The van der Waals surface area contributed by atoms with Crippen molar-refractivity contribution in [2.24, 2.45) is 0 Å². The summed E-state index contributed by atoms with van der Waals surface area (Å²) in [4.78, 5) is 26.3. The molecule has 5 nitrogen and oxygen atoms in total. The van der Waals surface area contributed by atoms with Crippen LogP contribution in [0.3, 0.4) is 0 Å². The molecule has 0 heterocycles. The first-order valence-electron chi connectivity index (χ1n) is 8.86. The van der Waals surface area contributed by atoms with Crippen LogP contribution in [0.2, 0.25) is 0 Å². The molecule has 0 aromatic heterocycles. The van der Waals surface area contributed by atoms with Gasteiger partial charge in [0.15, 0.2) is 0 Å². The van der Waals surface area contributed by atoms with Crippen LogP contribution in [-0.4, -0.2) is 43.5 Å². The number of methoxy groups -OCH3 is 1. The molecule has 0 aliphatic carbocycles. The Labute approximate surface area is 155 Å². The maximum atomic E-state index is 12.5. The van der Waals surface area contributed by atoms with Crippen molar-refractivity contribution in [2.75, 3.05) is 26.7 Å². The molecule has 2 rings (SSSR count). The number of hydrogen-bond acceptors (Lipinski definition) is 4. The minimum atomic E-state index is -0.414. The number of esters is 1. The van der Waals surface area contributed by atoms with Gasteiger partial charge in [0.25, 0.3) is 5.91 Å². The minimum absolute atomic E-state index is 0.115. The van der Waals surface area contributed by atoms with E-state index in [4.69, 9.17) is 0 Å². The zero-order valence-electron chi connectivity index (χ0n) is 15.6. The van der Waals surface area contributed by atoms with E-state index in [0.29, 0.717) is 17.7 Å². The highest BCUT2D eigenvalue weighted by Gasteiger charge is 2.19. The second-order valence-electron chi connectivity index (χ2n) is 5.93. The Hall–Kier alpha value is -2.66. The zero-order chi connectivity index (χ0) is 18.9. The Kier molecular flexibility index (Phi) is 7.36. The lowest BCUT2D eigenvalue weighted by Crippen LogP contribution is -2.38. The van der Waals surface area contributed by atoms with Crippen molar-refractivity contribution < 1.29 is 14.3 Å². The summed E-state index contributed by atoms with van der Waals surface area (Å²) in [5.41, 5.74) is 2.12. The van der Waals surface area contributed by atoms with E-state index in [-0.39, 0.29) is 11.9 Å². The third kappa shape index (κ3) is 4.92. The van der Waals surface area contributed by atoms with Crippen molar-refractivity contribution in [1.82, 2.24) is 10.2 Å². The highest BCUT2D eigenvalue weighted by molar-refractivity contribution is 5.96. The van der Waals surface area contributed by atoms with Crippen LogP contribution in [0.15, 0.2) is 54.6 Å². The Morgan fingerprint density at radius 3 is 2.08 bits per heavy atom. The molecule has 0 aliphatic heterocycles. The molecule has 5 heteroatoms. The fraction of sp³-hybridized carbons (Fsp3) is 0.333. The molecular formula is C21H26N2O3. The molecule has 1 amide bonds. The number of carbonyl (C=O) groups is 2. The molecule has 0 aliphatic rings. The summed E-state index contributed by atoms with van der Waals surface area (Å²) < 4.78 is 4.67. The third-order valence-corrected chi connectivity index (χ3v) is 4.46. The van der Waals surface area contributed by atoms with Gasteiger partial charge in [0.1, 0.15) is 0 Å². The second-order valence-corrected chi connectivity index (χ2v) is 5.93. The Bertz CT molecular complexity index is 710. The van der Waals surface area contributed by atoms with Crippen LogP contribution in [0, 0.1) is 0 Å². The van der Waals surface area contributed by atoms with Crippen LogP contribution in [0.4, 0.5) is 0 Å². The highest BCUT2D eigenvalue weighted by Crippen LogP contribution is 2.19. The van der Waals surface area contributed by atoms with Gasteiger partial charge in [-0.15, -0.1) is 0 Å². The molecule has 26 heavy (non-hydrogen) atoms. The average molecular weight is 354 g/mol. The predicted molar refractivity (Wildman–Crippen MR) is 102 cm³/mol. The summed E-state index contributed by atoms with van der Waals surface area (Å²) in [6.45, 7) is 6.56. The average Bonchev–Trinajstić information content (AvgIpc) is 2.71. The van der Waals surface area contributed by atoms with E-state index in [9.17, 15) is 9.59 Å². The SMILES string of the molecule is CCN(CC)C(CNC(=O)c1ccc(C(=O)OC)cc1)c1ccccc1. The van der Waals surface area contributed by atoms with Crippen LogP contribution >= 0.6 is 0 Å². The molecule has 0 radical (unpaired) electrons. The van der Waals surface area contributed by atoms with Crippen molar-refractivity contribution in [3.05, 3.63) is 71.3 Å². The maximum Gasteiger partial charge on any atom is 0.337 e. The predicted octanol–water partition coefficient (Wildman–Crippen LogP) is 3.29. The topological polar surface area (TPSA) is 58.6 Å². The van der Waals surface area contributed by atoms with Gasteiger partial charge in [0.2, 0.25) is 0 Å². The first-order chi connectivity index (χ1) is 12.6. The molecule has 0 fully saturated rings. The van der Waals surface area contributed by atoms with Gasteiger partial charge >= 0.3 is 5.97 Å². The molecule has 0 saturated carbocycles. The fourth-order valence-corrected chi connectivity index (χ4v) is 2.96. The number of ether oxygens (including phenoxy) is 1. The third-order valence-electron chi connectivity index (χ3n) is 4.46. The first-order valence-corrected chi connectivity index (χ1v) is 8.86. The van der Waals surface area contributed by atoms with E-state index in [1.165, 1.54) is 12.7 Å². The van der Waals surface area contributed by atoms with Gasteiger partial charge in [0, 0.05) is 12.1 Å². The largest absolute Gasteiger partial charge is 0.465 e. The van der Waals surface area contributed by atoms with Crippen molar-refractivity contribution in [2.45, 2.75) is 19.9 Å². The summed E-state index contributed by atoms with van der Waals surface area (Å²) >= 11 is 0. The Morgan fingerprint density at radius 2 is 1.54 bits per heavy atom. The van der Waals surface area contributed by atoms with Crippen LogP contribution in [0.5, 0.6) is 0 Å². The van der Waals surface area contributed by atoms with Crippen molar-refractivity contribution >= 4 is 11.9 Å². The second kappa shape index (κ2) is 9.73. The summed E-state index contributed by atoms with van der Waals surface area (Å²) in [6.07, 6.45) is 0. The Morgan fingerprint density at radius 1 is 0.962 bits per heavy atom. The number of carbonyl (C=O) groups excluding carboxylic acids is 2. The molecule has 1 unspecified atom stereocenters. The van der Waals surface area contributed by atoms with Crippen molar-refractivity contribution in [1.29, 1.82) is 0 Å². The summed E-state index contributed by atoms with van der Waals surface area (Å²) in [7, 11) is 1.33. The lowest BCUT2D eigenvalue weighted by atomic mass is 10.0. The van der Waals surface area contributed by atoms with E-state index in [1.54, 1.807) is 24.3 Å². The van der Waals surface area contributed by atoms with Gasteiger partial charge in [0.05, 0.1) is 18.7 Å². The molecule has 138 valence electrons. The van der Waals surface area contributed by atoms with E-state index in [0.717, 1.165) is 13.1 Å². The molecule has 1 N–H and O–H groups in total. The van der Waals surface area contributed by atoms with Crippen LogP contribution in [0.1, 0.15) is 46.2 Å². The lowest BCUT2D eigenvalue weighted by molar-refractivity contribution is 0.0600.